The Morgan fingerprint density at radius 3 is 2.56 bits per heavy atom. The van der Waals surface area contributed by atoms with Crippen LogP contribution in [0.1, 0.15) is 41.0 Å². The second-order valence-electron chi connectivity index (χ2n) is 6.35. The zero-order chi connectivity index (χ0) is 12.1. The van der Waals surface area contributed by atoms with Gasteiger partial charge in [-0.05, 0) is 31.6 Å². The Hall–Kier alpha value is -0.340. The van der Waals surface area contributed by atoms with Crippen LogP contribution in [-0.2, 0) is 4.74 Å². The molecule has 2 fully saturated rings. The van der Waals surface area contributed by atoms with E-state index in [1.165, 1.54) is 6.42 Å². The lowest BCUT2D eigenvalue weighted by molar-refractivity contribution is 0.0813. The van der Waals surface area contributed by atoms with Gasteiger partial charge in [0.05, 0.1) is 17.8 Å². The van der Waals surface area contributed by atoms with Gasteiger partial charge in [0, 0.05) is 5.92 Å². The quantitative estimate of drug-likeness (QED) is 0.578. The fraction of sp³-hybridized carbons (Fsp3) is 0.857. The first kappa shape index (κ1) is 12.1. The molecule has 1 heterocycles. The van der Waals surface area contributed by atoms with Crippen molar-refractivity contribution in [3.05, 3.63) is 12.2 Å². The summed E-state index contributed by atoms with van der Waals surface area (Å²) < 4.78 is 5.88. The summed E-state index contributed by atoms with van der Waals surface area (Å²) in [6.07, 6.45) is 5.30. The molecule has 0 unspecified atom stereocenters. The third-order valence-corrected chi connectivity index (χ3v) is 4.82. The van der Waals surface area contributed by atoms with Crippen LogP contribution in [0.4, 0.5) is 0 Å². The predicted octanol–water partition coefficient (Wildman–Crippen LogP) is 2.76. The van der Waals surface area contributed by atoms with Crippen LogP contribution in [0.5, 0.6) is 0 Å². The van der Waals surface area contributed by atoms with Crippen molar-refractivity contribution < 1.29 is 9.84 Å². The van der Waals surface area contributed by atoms with Crippen LogP contribution in [0.15, 0.2) is 12.2 Å². The van der Waals surface area contributed by atoms with E-state index in [2.05, 4.69) is 33.8 Å². The lowest BCUT2D eigenvalue weighted by atomic mass is 9.59. The number of epoxide rings is 1. The van der Waals surface area contributed by atoms with E-state index in [0.717, 1.165) is 0 Å². The Labute approximate surface area is 98.7 Å². The summed E-state index contributed by atoms with van der Waals surface area (Å²) in [6.45, 7) is 11.0. The number of aliphatic hydroxyl groups excluding tert-OH is 1. The van der Waals surface area contributed by atoms with Gasteiger partial charge in [-0.3, -0.25) is 0 Å². The molecule has 1 aliphatic carbocycles. The van der Waals surface area contributed by atoms with Gasteiger partial charge in [0.25, 0.3) is 0 Å². The third-order valence-electron chi connectivity index (χ3n) is 4.82. The van der Waals surface area contributed by atoms with Gasteiger partial charge in [-0.2, -0.15) is 0 Å². The first-order valence-corrected chi connectivity index (χ1v) is 6.32. The molecule has 0 aromatic carbocycles. The highest BCUT2D eigenvalue weighted by molar-refractivity contribution is 5.19. The van der Waals surface area contributed by atoms with Crippen molar-refractivity contribution in [1.29, 1.82) is 0 Å². The van der Waals surface area contributed by atoms with Crippen LogP contribution in [0.25, 0.3) is 0 Å². The van der Waals surface area contributed by atoms with Gasteiger partial charge in [-0.15, -0.1) is 0 Å². The molecule has 2 rings (SSSR count). The highest BCUT2D eigenvalue weighted by atomic mass is 16.6. The van der Waals surface area contributed by atoms with Gasteiger partial charge in [-0.1, -0.05) is 32.9 Å². The molecule has 0 bridgehead atoms. The number of aliphatic hydroxyl groups is 1. The summed E-state index contributed by atoms with van der Waals surface area (Å²) in [5, 5.41) is 9.38. The highest BCUT2D eigenvalue weighted by Crippen LogP contribution is 2.60. The van der Waals surface area contributed by atoms with Crippen molar-refractivity contribution >= 4 is 0 Å². The fourth-order valence-corrected chi connectivity index (χ4v) is 3.21. The van der Waals surface area contributed by atoms with Gasteiger partial charge in [-0.25, -0.2) is 0 Å². The summed E-state index contributed by atoms with van der Waals surface area (Å²) in [5.41, 5.74) is 0.258. The van der Waals surface area contributed by atoms with Crippen molar-refractivity contribution in [3.63, 3.8) is 0 Å². The molecule has 16 heavy (non-hydrogen) atoms. The largest absolute Gasteiger partial charge is 0.389 e. The van der Waals surface area contributed by atoms with E-state index in [9.17, 15) is 5.11 Å². The summed E-state index contributed by atoms with van der Waals surface area (Å²) in [4.78, 5) is 0. The molecule has 2 nitrogen and oxygen atoms in total. The van der Waals surface area contributed by atoms with Gasteiger partial charge >= 0.3 is 0 Å². The van der Waals surface area contributed by atoms with Crippen LogP contribution < -0.4 is 0 Å². The zero-order valence-corrected chi connectivity index (χ0v) is 11.0. The molecular weight excluding hydrogens is 200 g/mol. The average Bonchev–Trinajstić information content (AvgIpc) is 2.75. The standard InChI is InChI=1S/C14H24O2/c1-9-8-12-14(5,16-12)11(13(9,3)4)7-6-10(2)15/h6-7,9-12,15H,8H2,1-5H3/b7-6+/t9-,10+,11-,12-,14+/m0/s1. The Morgan fingerprint density at radius 1 is 1.38 bits per heavy atom. The molecular formula is C14H24O2. The smallest absolute Gasteiger partial charge is 0.0987 e. The van der Waals surface area contributed by atoms with Gasteiger partial charge in [0.2, 0.25) is 0 Å². The molecule has 0 aromatic heterocycles. The van der Waals surface area contributed by atoms with Crippen LogP contribution in [0.3, 0.4) is 0 Å². The van der Waals surface area contributed by atoms with E-state index in [0.29, 0.717) is 17.9 Å². The summed E-state index contributed by atoms with van der Waals surface area (Å²) >= 11 is 0. The number of rotatable bonds is 2. The van der Waals surface area contributed by atoms with Crippen molar-refractivity contribution in [1.82, 2.24) is 0 Å². The summed E-state index contributed by atoms with van der Waals surface area (Å²) in [5.74, 6) is 1.07. The molecule has 1 saturated heterocycles. The molecule has 0 radical (unpaired) electrons. The Kier molecular flexibility index (Phi) is 2.71. The topological polar surface area (TPSA) is 32.8 Å². The predicted molar refractivity (Wildman–Crippen MR) is 65.2 cm³/mol. The third kappa shape index (κ3) is 1.72. The molecule has 2 aliphatic rings. The van der Waals surface area contributed by atoms with E-state index >= 15 is 0 Å². The molecule has 1 aliphatic heterocycles. The lowest BCUT2D eigenvalue weighted by Crippen LogP contribution is -2.44. The first-order chi connectivity index (χ1) is 7.28. The second-order valence-corrected chi connectivity index (χ2v) is 6.35. The number of hydrogen-bond donors (Lipinski definition) is 1. The fourth-order valence-electron chi connectivity index (χ4n) is 3.21. The Bertz CT molecular complexity index is 306. The maximum atomic E-state index is 9.38. The minimum Gasteiger partial charge on any atom is -0.389 e. The van der Waals surface area contributed by atoms with E-state index in [-0.39, 0.29) is 17.1 Å². The van der Waals surface area contributed by atoms with Crippen molar-refractivity contribution in [3.8, 4) is 0 Å². The van der Waals surface area contributed by atoms with E-state index < -0.39 is 0 Å². The number of ether oxygens (including phenoxy) is 1. The number of hydrogen-bond acceptors (Lipinski definition) is 2. The minimum atomic E-state index is -0.367. The van der Waals surface area contributed by atoms with E-state index in [1.807, 2.05) is 6.08 Å². The van der Waals surface area contributed by atoms with Gasteiger partial charge in [0.1, 0.15) is 0 Å². The lowest BCUT2D eigenvalue weighted by Gasteiger charge is -2.43. The molecule has 1 N–H and O–H groups in total. The normalized spacial score (nSPS) is 47.8. The monoisotopic (exact) mass is 224 g/mol. The summed E-state index contributed by atoms with van der Waals surface area (Å²) in [6, 6.07) is 0. The van der Waals surface area contributed by atoms with E-state index in [4.69, 9.17) is 4.74 Å². The maximum absolute atomic E-state index is 9.38. The van der Waals surface area contributed by atoms with Crippen LogP contribution in [0.2, 0.25) is 0 Å². The molecule has 0 spiro atoms. The maximum Gasteiger partial charge on any atom is 0.0987 e. The average molecular weight is 224 g/mol. The number of fused-ring (bicyclic) bond motifs is 1. The van der Waals surface area contributed by atoms with Crippen molar-refractivity contribution in [2.75, 3.05) is 0 Å². The van der Waals surface area contributed by atoms with Crippen LogP contribution >= 0.6 is 0 Å². The molecule has 1 saturated carbocycles. The summed E-state index contributed by atoms with van der Waals surface area (Å²) in [7, 11) is 0. The molecule has 92 valence electrons. The molecule has 5 atom stereocenters. The first-order valence-electron chi connectivity index (χ1n) is 6.32. The van der Waals surface area contributed by atoms with E-state index in [1.54, 1.807) is 6.92 Å². The van der Waals surface area contributed by atoms with Crippen LogP contribution in [-0.4, -0.2) is 22.9 Å². The van der Waals surface area contributed by atoms with Gasteiger partial charge in [0.15, 0.2) is 0 Å². The molecule has 2 heteroatoms. The molecule has 0 aromatic rings. The van der Waals surface area contributed by atoms with Gasteiger partial charge < -0.3 is 9.84 Å². The Balaban J connectivity index is 2.24. The Morgan fingerprint density at radius 2 is 2.00 bits per heavy atom. The van der Waals surface area contributed by atoms with Crippen LogP contribution in [0, 0.1) is 17.3 Å². The van der Waals surface area contributed by atoms with Crippen molar-refractivity contribution in [2.45, 2.75) is 58.8 Å². The molecule has 0 amide bonds. The SMILES string of the molecule is C[C@@H](O)/C=C/[C@H]1C(C)(C)[C@@H](C)C[C@@H]2O[C@@]21C. The second kappa shape index (κ2) is 3.58. The minimum absolute atomic E-state index is 0.0153. The zero-order valence-electron chi connectivity index (χ0n) is 11.0. The highest BCUT2D eigenvalue weighted by Gasteiger charge is 2.65. The van der Waals surface area contributed by atoms with Crippen molar-refractivity contribution in [2.24, 2.45) is 17.3 Å².